The molecule has 1 atom stereocenters. The van der Waals surface area contributed by atoms with Gasteiger partial charge >= 0.3 is 12.3 Å². The van der Waals surface area contributed by atoms with E-state index in [1.807, 2.05) is 0 Å². The molecule has 0 heterocycles. The van der Waals surface area contributed by atoms with E-state index in [0.717, 1.165) is 44.9 Å². The van der Waals surface area contributed by atoms with Crippen LogP contribution in [0.25, 0.3) is 0 Å². The quantitative estimate of drug-likeness (QED) is 0.373. The van der Waals surface area contributed by atoms with E-state index in [1.165, 1.54) is 12.1 Å². The molecule has 0 fully saturated rings. The number of rotatable bonds is 12. The summed E-state index contributed by atoms with van der Waals surface area (Å²) in [6.07, 6.45) is -1.51. The Balaban J connectivity index is 2.68. The van der Waals surface area contributed by atoms with Gasteiger partial charge in [-0.15, -0.1) is 0 Å². The third kappa shape index (κ3) is 9.98. The fourth-order valence-corrected chi connectivity index (χ4v) is 3.30. The van der Waals surface area contributed by atoms with E-state index < -0.39 is 34.1 Å². The van der Waals surface area contributed by atoms with Crippen molar-refractivity contribution in [3.05, 3.63) is 35.4 Å². The van der Waals surface area contributed by atoms with Crippen LogP contribution >= 0.6 is 0 Å². The zero-order chi connectivity index (χ0) is 21.9. The Morgan fingerprint density at radius 1 is 1.10 bits per heavy atom. The molecule has 0 saturated carbocycles. The average Bonchev–Trinajstić information content (AvgIpc) is 2.67. The number of benzene rings is 1. The molecule has 29 heavy (non-hydrogen) atoms. The third-order valence-electron chi connectivity index (χ3n) is 4.27. The molecular formula is C19H28F3NO5S. The molecule has 1 aromatic rings. The molecule has 0 aromatic heterocycles. The smallest absolute Gasteiger partial charge is 0.416 e. The lowest BCUT2D eigenvalue weighted by Gasteiger charge is -2.19. The van der Waals surface area contributed by atoms with E-state index in [0.29, 0.717) is 12.0 Å². The van der Waals surface area contributed by atoms with Crippen LogP contribution in [0.15, 0.2) is 24.3 Å². The van der Waals surface area contributed by atoms with Crippen LogP contribution in [0.2, 0.25) is 0 Å². The standard InChI is InChI=1S/C19H28F3NO5S/c1-3-4-5-6-8-17(15-9-11-16(12-10-15)19(20,21)22)28-18(24)23-13-7-14-29(25,26)27-2/h9-12,17H,3-8,13-14H2,1-2H3,(H,23,24). The average molecular weight is 439 g/mol. The SMILES string of the molecule is CCCCCCC(OC(=O)NCCCS(=O)(=O)OC)c1ccc(C(F)(F)F)cc1. The first-order valence-electron chi connectivity index (χ1n) is 9.49. The second-order valence-corrected chi connectivity index (χ2v) is 8.43. The molecule has 0 aliphatic rings. The van der Waals surface area contributed by atoms with E-state index in [2.05, 4.69) is 16.4 Å². The minimum absolute atomic E-state index is 0.0665. The normalized spacial score (nSPS) is 13.1. The fourth-order valence-electron chi connectivity index (χ4n) is 2.63. The van der Waals surface area contributed by atoms with E-state index in [1.54, 1.807) is 0 Å². The van der Waals surface area contributed by atoms with Crippen LogP contribution in [0.1, 0.15) is 62.7 Å². The van der Waals surface area contributed by atoms with Crippen molar-refractivity contribution in [3.8, 4) is 0 Å². The Labute approximate surface area is 169 Å². The van der Waals surface area contributed by atoms with Crippen molar-refractivity contribution in [1.29, 1.82) is 0 Å². The van der Waals surface area contributed by atoms with Crippen molar-refractivity contribution >= 4 is 16.2 Å². The Hall–Kier alpha value is -1.81. The number of nitrogens with one attached hydrogen (secondary N) is 1. The zero-order valence-electron chi connectivity index (χ0n) is 16.6. The fraction of sp³-hybridized carbons (Fsp3) is 0.632. The number of alkyl halides is 3. The number of hydrogen-bond donors (Lipinski definition) is 1. The van der Waals surface area contributed by atoms with E-state index in [9.17, 15) is 26.4 Å². The Kier molecular flexibility index (Phi) is 10.5. The summed E-state index contributed by atoms with van der Waals surface area (Å²) < 4.78 is 70.4. The van der Waals surface area contributed by atoms with E-state index in [4.69, 9.17) is 4.74 Å². The highest BCUT2D eigenvalue weighted by molar-refractivity contribution is 7.86. The van der Waals surface area contributed by atoms with Gasteiger partial charge < -0.3 is 10.1 Å². The topological polar surface area (TPSA) is 81.7 Å². The predicted molar refractivity (Wildman–Crippen MR) is 103 cm³/mol. The summed E-state index contributed by atoms with van der Waals surface area (Å²) in [5.74, 6) is -0.247. The van der Waals surface area contributed by atoms with Gasteiger partial charge in [0.25, 0.3) is 10.1 Å². The maximum absolute atomic E-state index is 12.8. The molecule has 0 aliphatic carbocycles. The molecule has 10 heteroatoms. The summed E-state index contributed by atoms with van der Waals surface area (Å²) in [6.45, 7) is 2.12. The van der Waals surface area contributed by atoms with Gasteiger partial charge in [0.2, 0.25) is 0 Å². The summed E-state index contributed by atoms with van der Waals surface area (Å²) in [5, 5.41) is 2.46. The van der Waals surface area contributed by atoms with Crippen LogP contribution in [0.3, 0.4) is 0 Å². The molecule has 6 nitrogen and oxygen atoms in total. The second kappa shape index (κ2) is 12.0. The van der Waals surface area contributed by atoms with Crippen LogP contribution in [0, 0.1) is 0 Å². The molecule has 1 unspecified atom stereocenters. The molecule has 0 bridgehead atoms. The van der Waals surface area contributed by atoms with E-state index in [-0.39, 0.29) is 18.7 Å². The van der Waals surface area contributed by atoms with E-state index >= 15 is 0 Å². The highest BCUT2D eigenvalue weighted by atomic mass is 32.2. The first-order chi connectivity index (χ1) is 13.6. The number of hydrogen-bond acceptors (Lipinski definition) is 5. The van der Waals surface area contributed by atoms with Crippen LogP contribution in [-0.4, -0.2) is 33.9 Å². The van der Waals surface area contributed by atoms with Gasteiger partial charge in [-0.3, -0.25) is 4.18 Å². The highest BCUT2D eigenvalue weighted by Gasteiger charge is 2.30. The van der Waals surface area contributed by atoms with Gasteiger partial charge in [0.1, 0.15) is 6.10 Å². The molecule has 1 N–H and O–H groups in total. The lowest BCUT2D eigenvalue weighted by Crippen LogP contribution is -2.28. The molecule has 166 valence electrons. The first-order valence-corrected chi connectivity index (χ1v) is 11.1. The summed E-state index contributed by atoms with van der Waals surface area (Å²) in [7, 11) is -2.54. The Bertz CT molecular complexity index is 720. The minimum Gasteiger partial charge on any atom is -0.441 e. The molecule has 0 radical (unpaired) electrons. The van der Waals surface area contributed by atoms with Crippen molar-refractivity contribution in [1.82, 2.24) is 5.32 Å². The van der Waals surface area contributed by atoms with Crippen molar-refractivity contribution in [2.24, 2.45) is 0 Å². The first kappa shape index (κ1) is 25.2. The summed E-state index contributed by atoms with van der Waals surface area (Å²) in [4.78, 5) is 12.0. The zero-order valence-corrected chi connectivity index (χ0v) is 17.4. The maximum Gasteiger partial charge on any atom is 0.416 e. The number of carbonyl (C=O) groups is 1. The lowest BCUT2D eigenvalue weighted by atomic mass is 10.0. The molecule has 1 rings (SSSR count). The van der Waals surface area contributed by atoms with Gasteiger partial charge in [-0.05, 0) is 37.0 Å². The van der Waals surface area contributed by atoms with Gasteiger partial charge in [-0.1, -0.05) is 38.3 Å². The predicted octanol–water partition coefficient (Wildman–Crippen LogP) is 4.81. The van der Waals surface area contributed by atoms with Crippen molar-refractivity contribution in [2.75, 3.05) is 19.4 Å². The number of amides is 1. The largest absolute Gasteiger partial charge is 0.441 e. The van der Waals surface area contributed by atoms with Crippen LogP contribution in [-0.2, 0) is 25.2 Å². The monoisotopic (exact) mass is 439 g/mol. The highest BCUT2D eigenvalue weighted by Crippen LogP contribution is 2.31. The van der Waals surface area contributed by atoms with Crippen molar-refractivity contribution < 1.29 is 35.3 Å². The maximum atomic E-state index is 12.8. The van der Waals surface area contributed by atoms with Gasteiger partial charge in [0.15, 0.2) is 0 Å². The van der Waals surface area contributed by atoms with Gasteiger partial charge in [-0.2, -0.15) is 21.6 Å². The second-order valence-electron chi connectivity index (χ2n) is 6.57. The number of alkyl carbamates (subject to hydrolysis) is 1. The van der Waals surface area contributed by atoms with Crippen LogP contribution < -0.4 is 5.32 Å². The third-order valence-corrected chi connectivity index (χ3v) is 5.57. The van der Waals surface area contributed by atoms with Crippen LogP contribution in [0.5, 0.6) is 0 Å². The molecule has 1 aromatic carbocycles. The molecular weight excluding hydrogens is 411 g/mol. The van der Waals surface area contributed by atoms with Crippen molar-refractivity contribution in [2.45, 2.75) is 57.7 Å². The molecule has 0 spiro atoms. The van der Waals surface area contributed by atoms with Gasteiger partial charge in [-0.25, -0.2) is 4.79 Å². The minimum atomic E-state index is -4.43. The Morgan fingerprint density at radius 2 is 1.76 bits per heavy atom. The number of ether oxygens (including phenoxy) is 1. The number of carbonyl (C=O) groups excluding carboxylic acids is 1. The molecule has 0 saturated heterocycles. The lowest BCUT2D eigenvalue weighted by molar-refractivity contribution is -0.137. The number of unbranched alkanes of at least 4 members (excludes halogenated alkanes) is 3. The summed E-state index contributed by atoms with van der Waals surface area (Å²) in [5.41, 5.74) is -0.290. The molecule has 1 amide bonds. The Morgan fingerprint density at radius 3 is 2.31 bits per heavy atom. The van der Waals surface area contributed by atoms with Crippen molar-refractivity contribution in [3.63, 3.8) is 0 Å². The molecule has 0 aliphatic heterocycles. The number of halogens is 3. The summed E-state index contributed by atoms with van der Waals surface area (Å²) >= 11 is 0. The van der Waals surface area contributed by atoms with Gasteiger partial charge in [0.05, 0.1) is 18.4 Å². The van der Waals surface area contributed by atoms with Gasteiger partial charge in [0, 0.05) is 6.54 Å². The summed E-state index contributed by atoms with van der Waals surface area (Å²) in [6, 6.07) is 4.55. The van der Waals surface area contributed by atoms with Crippen LogP contribution in [0.4, 0.5) is 18.0 Å².